The van der Waals surface area contributed by atoms with E-state index < -0.39 is 0 Å². The van der Waals surface area contributed by atoms with E-state index in [0.717, 1.165) is 16.9 Å². The Hall–Kier alpha value is -2.81. The SMILES string of the molecule is C=N/C(=C\C(=C)OC)C1=COc2ccc3ccccc3c2C1C. The highest BCUT2D eigenvalue weighted by molar-refractivity contribution is 5.89. The fraction of sp³-hybridized carbons (Fsp3) is 0.150. The van der Waals surface area contributed by atoms with Crippen LogP contribution in [-0.2, 0) is 4.74 Å². The Labute approximate surface area is 136 Å². The minimum Gasteiger partial charge on any atom is -0.497 e. The topological polar surface area (TPSA) is 30.8 Å². The number of ether oxygens (including phenoxy) is 2. The van der Waals surface area contributed by atoms with Gasteiger partial charge in [0.2, 0.25) is 0 Å². The molecule has 3 nitrogen and oxygen atoms in total. The van der Waals surface area contributed by atoms with Gasteiger partial charge in [0.15, 0.2) is 0 Å². The van der Waals surface area contributed by atoms with Gasteiger partial charge in [0.05, 0.1) is 19.1 Å². The van der Waals surface area contributed by atoms with E-state index in [9.17, 15) is 0 Å². The van der Waals surface area contributed by atoms with Gasteiger partial charge >= 0.3 is 0 Å². The highest BCUT2D eigenvalue weighted by Gasteiger charge is 2.25. The van der Waals surface area contributed by atoms with Crippen LogP contribution in [0.2, 0.25) is 0 Å². The summed E-state index contributed by atoms with van der Waals surface area (Å²) in [7, 11) is 1.58. The van der Waals surface area contributed by atoms with Crippen LogP contribution in [0, 0.1) is 0 Å². The quantitative estimate of drug-likeness (QED) is 0.454. The average molecular weight is 305 g/mol. The van der Waals surface area contributed by atoms with Gasteiger partial charge < -0.3 is 9.47 Å². The lowest BCUT2D eigenvalue weighted by atomic mass is 9.86. The Morgan fingerprint density at radius 2 is 2.04 bits per heavy atom. The fourth-order valence-electron chi connectivity index (χ4n) is 2.92. The van der Waals surface area contributed by atoms with Gasteiger partial charge in [-0.1, -0.05) is 43.8 Å². The lowest BCUT2D eigenvalue weighted by Gasteiger charge is -2.25. The first-order valence-electron chi connectivity index (χ1n) is 7.45. The molecule has 23 heavy (non-hydrogen) atoms. The molecule has 2 aromatic rings. The van der Waals surface area contributed by atoms with Crippen molar-refractivity contribution < 1.29 is 9.47 Å². The summed E-state index contributed by atoms with van der Waals surface area (Å²) in [5.74, 6) is 1.55. The maximum absolute atomic E-state index is 5.85. The maximum Gasteiger partial charge on any atom is 0.130 e. The first-order valence-corrected chi connectivity index (χ1v) is 7.45. The van der Waals surface area contributed by atoms with Crippen molar-refractivity contribution >= 4 is 17.5 Å². The van der Waals surface area contributed by atoms with Gasteiger partial charge in [0.1, 0.15) is 11.5 Å². The second kappa shape index (κ2) is 6.13. The number of aliphatic imine (C=N–C) groups is 1. The molecule has 0 radical (unpaired) electrons. The molecule has 1 atom stereocenters. The van der Waals surface area contributed by atoms with Crippen molar-refractivity contribution in [2.45, 2.75) is 12.8 Å². The molecule has 1 aliphatic rings. The third-order valence-electron chi connectivity index (χ3n) is 4.17. The molecule has 1 heterocycles. The standard InChI is InChI=1S/C20H19NO2/c1-13(22-4)11-18(21-3)17-12-23-19-10-9-15-7-5-6-8-16(15)20(19)14(17)2/h5-12,14H,1,3H2,2,4H3/b18-11-. The molecule has 0 amide bonds. The molecular formula is C20H19NO2. The van der Waals surface area contributed by atoms with Crippen LogP contribution in [0.15, 0.2) is 77.3 Å². The van der Waals surface area contributed by atoms with Crippen LogP contribution in [-0.4, -0.2) is 13.8 Å². The van der Waals surface area contributed by atoms with E-state index in [1.54, 1.807) is 19.4 Å². The highest BCUT2D eigenvalue weighted by Crippen LogP contribution is 2.43. The van der Waals surface area contributed by atoms with Crippen molar-refractivity contribution in [3.8, 4) is 5.75 Å². The maximum atomic E-state index is 5.85. The average Bonchev–Trinajstić information content (AvgIpc) is 2.59. The van der Waals surface area contributed by atoms with Gasteiger partial charge in [-0.3, -0.25) is 4.99 Å². The van der Waals surface area contributed by atoms with Gasteiger partial charge in [0, 0.05) is 23.1 Å². The smallest absolute Gasteiger partial charge is 0.130 e. The molecule has 0 aromatic heterocycles. The molecule has 0 aliphatic carbocycles. The number of benzene rings is 2. The number of methoxy groups -OCH3 is 1. The van der Waals surface area contributed by atoms with E-state index in [2.05, 4.69) is 43.4 Å². The molecule has 116 valence electrons. The van der Waals surface area contributed by atoms with Crippen molar-refractivity contribution in [1.29, 1.82) is 0 Å². The monoisotopic (exact) mass is 305 g/mol. The molecular weight excluding hydrogens is 286 g/mol. The van der Waals surface area contributed by atoms with Crippen LogP contribution in [0.25, 0.3) is 10.8 Å². The van der Waals surface area contributed by atoms with Crippen molar-refractivity contribution in [1.82, 2.24) is 0 Å². The zero-order valence-electron chi connectivity index (χ0n) is 13.4. The van der Waals surface area contributed by atoms with Crippen LogP contribution >= 0.6 is 0 Å². The lowest BCUT2D eigenvalue weighted by Crippen LogP contribution is -2.10. The normalized spacial score (nSPS) is 17.0. The molecule has 0 spiro atoms. The second-order valence-electron chi connectivity index (χ2n) is 5.47. The summed E-state index contributed by atoms with van der Waals surface area (Å²) in [5.41, 5.74) is 2.84. The van der Waals surface area contributed by atoms with E-state index >= 15 is 0 Å². The summed E-state index contributed by atoms with van der Waals surface area (Å²) >= 11 is 0. The van der Waals surface area contributed by atoms with Crippen LogP contribution < -0.4 is 4.74 Å². The minimum absolute atomic E-state index is 0.131. The second-order valence-corrected chi connectivity index (χ2v) is 5.47. The third-order valence-corrected chi connectivity index (χ3v) is 4.17. The largest absolute Gasteiger partial charge is 0.497 e. The number of hydrogen-bond donors (Lipinski definition) is 0. The molecule has 0 saturated carbocycles. The van der Waals surface area contributed by atoms with Crippen LogP contribution in [0.3, 0.4) is 0 Å². The predicted octanol–water partition coefficient (Wildman–Crippen LogP) is 4.96. The summed E-state index contributed by atoms with van der Waals surface area (Å²) in [6.45, 7) is 9.63. The summed E-state index contributed by atoms with van der Waals surface area (Å²) < 4.78 is 11.0. The Bertz CT molecular complexity index is 846. The number of allylic oxidation sites excluding steroid dienone is 2. The van der Waals surface area contributed by atoms with Crippen LogP contribution in [0.5, 0.6) is 5.75 Å². The van der Waals surface area contributed by atoms with Crippen LogP contribution in [0.1, 0.15) is 18.4 Å². The van der Waals surface area contributed by atoms with Gasteiger partial charge in [-0.2, -0.15) is 0 Å². The summed E-state index contributed by atoms with van der Waals surface area (Å²) in [6.07, 6.45) is 3.51. The molecule has 0 bridgehead atoms. The molecule has 1 aliphatic heterocycles. The zero-order valence-corrected chi connectivity index (χ0v) is 13.4. The zero-order chi connectivity index (χ0) is 16.4. The highest BCUT2D eigenvalue weighted by atomic mass is 16.5. The summed E-state index contributed by atoms with van der Waals surface area (Å²) in [5, 5.41) is 2.39. The molecule has 3 heteroatoms. The summed E-state index contributed by atoms with van der Waals surface area (Å²) in [4.78, 5) is 4.13. The molecule has 3 rings (SSSR count). The fourth-order valence-corrected chi connectivity index (χ4v) is 2.92. The molecule has 1 unspecified atom stereocenters. The molecule has 0 saturated heterocycles. The van der Waals surface area contributed by atoms with E-state index in [1.165, 1.54) is 10.8 Å². The Kier molecular flexibility index (Phi) is 4.02. The minimum atomic E-state index is 0.131. The third kappa shape index (κ3) is 2.66. The van der Waals surface area contributed by atoms with Crippen molar-refractivity contribution in [3.05, 3.63) is 77.9 Å². The van der Waals surface area contributed by atoms with Crippen LogP contribution in [0.4, 0.5) is 0 Å². The van der Waals surface area contributed by atoms with E-state index in [0.29, 0.717) is 11.5 Å². The number of hydrogen-bond acceptors (Lipinski definition) is 3. The molecule has 2 aromatic carbocycles. The molecule has 0 fully saturated rings. The van der Waals surface area contributed by atoms with Crippen molar-refractivity contribution in [3.63, 3.8) is 0 Å². The first-order chi connectivity index (χ1) is 11.2. The first kappa shape index (κ1) is 15.1. The predicted molar refractivity (Wildman–Crippen MR) is 94.9 cm³/mol. The van der Waals surface area contributed by atoms with Gasteiger partial charge in [-0.25, -0.2) is 0 Å². The van der Waals surface area contributed by atoms with Crippen molar-refractivity contribution in [2.75, 3.05) is 7.11 Å². The number of rotatable bonds is 4. The lowest BCUT2D eigenvalue weighted by molar-refractivity contribution is 0.308. The van der Waals surface area contributed by atoms with Gasteiger partial charge in [-0.15, -0.1) is 0 Å². The Morgan fingerprint density at radius 3 is 2.78 bits per heavy atom. The van der Waals surface area contributed by atoms with Crippen molar-refractivity contribution in [2.24, 2.45) is 4.99 Å². The number of nitrogens with zero attached hydrogens (tertiary/aromatic N) is 1. The Balaban J connectivity index is 2.11. The Morgan fingerprint density at radius 1 is 1.26 bits per heavy atom. The van der Waals surface area contributed by atoms with E-state index in [-0.39, 0.29) is 5.92 Å². The van der Waals surface area contributed by atoms with E-state index in [1.807, 2.05) is 18.2 Å². The summed E-state index contributed by atoms with van der Waals surface area (Å²) in [6, 6.07) is 12.4. The van der Waals surface area contributed by atoms with Gasteiger partial charge in [-0.05, 0) is 23.6 Å². The van der Waals surface area contributed by atoms with Gasteiger partial charge in [0.25, 0.3) is 0 Å². The number of fused-ring (bicyclic) bond motifs is 3. The molecule has 0 N–H and O–H groups in total. The van der Waals surface area contributed by atoms with E-state index in [4.69, 9.17) is 9.47 Å².